The van der Waals surface area contributed by atoms with E-state index < -0.39 is 29.9 Å². The van der Waals surface area contributed by atoms with Gasteiger partial charge < -0.3 is 14.4 Å². The van der Waals surface area contributed by atoms with Crippen molar-refractivity contribution in [2.24, 2.45) is 0 Å². The van der Waals surface area contributed by atoms with Crippen molar-refractivity contribution in [1.29, 1.82) is 0 Å². The number of anilines is 2. The van der Waals surface area contributed by atoms with Gasteiger partial charge in [-0.3, -0.25) is 4.90 Å². The van der Waals surface area contributed by atoms with E-state index in [0.29, 0.717) is 37.3 Å². The molecule has 2 aromatic rings. The third-order valence-corrected chi connectivity index (χ3v) is 5.91. The van der Waals surface area contributed by atoms with Crippen molar-refractivity contribution in [3.8, 4) is 0 Å². The van der Waals surface area contributed by atoms with Gasteiger partial charge in [0, 0.05) is 13.1 Å². The van der Waals surface area contributed by atoms with Crippen LogP contribution >= 0.6 is 11.6 Å². The number of aromatic nitrogens is 3. The normalized spacial score (nSPS) is 18.5. The number of rotatable bonds is 6. The number of nitrogens with zero attached hydrogens (tertiary/aromatic N) is 5. The Balaban J connectivity index is 1.40. The minimum Gasteiger partial charge on any atom is -0.462 e. The Bertz CT molecular complexity index is 1080. The predicted molar refractivity (Wildman–Crippen MR) is 115 cm³/mol. The van der Waals surface area contributed by atoms with Crippen LogP contribution in [0, 0.1) is 11.8 Å². The van der Waals surface area contributed by atoms with Crippen LogP contribution in [0.15, 0.2) is 35.0 Å². The van der Waals surface area contributed by atoms with Crippen LogP contribution in [0.5, 0.6) is 0 Å². The largest absolute Gasteiger partial charge is 0.462 e. The zero-order valence-electron chi connectivity index (χ0n) is 17.8. The zero-order chi connectivity index (χ0) is 23.5. The number of carbonyl (C=O) groups is 2. The van der Waals surface area contributed by atoms with Crippen LogP contribution in [0.4, 0.5) is 25.0 Å². The maximum atomic E-state index is 14.9. The Kier molecular flexibility index (Phi) is 6.77. The van der Waals surface area contributed by atoms with Gasteiger partial charge in [0.15, 0.2) is 0 Å². The molecule has 0 aliphatic carbocycles. The lowest BCUT2D eigenvalue weighted by molar-refractivity contribution is -0.137. The fourth-order valence-corrected chi connectivity index (χ4v) is 4.14. The number of hydrogen-bond donors (Lipinski definition) is 0. The van der Waals surface area contributed by atoms with Crippen LogP contribution in [0.2, 0.25) is 0 Å². The van der Waals surface area contributed by atoms with Crippen molar-refractivity contribution >= 4 is 35.0 Å². The molecule has 12 heteroatoms. The molecule has 176 valence electrons. The minimum absolute atomic E-state index is 0.100. The summed E-state index contributed by atoms with van der Waals surface area (Å²) < 4.78 is 39.4. The number of ether oxygens (including phenoxy) is 2. The van der Waals surface area contributed by atoms with Crippen molar-refractivity contribution in [2.75, 3.05) is 36.0 Å². The molecule has 2 fully saturated rings. The van der Waals surface area contributed by atoms with Gasteiger partial charge in [-0.1, -0.05) is 21.9 Å². The first kappa shape index (κ1) is 23.0. The Hall–Kier alpha value is -3.21. The fraction of sp³-hybridized carbons (Fsp3) is 0.429. The SMILES string of the molecule is CCOC(=O)C(Cl)=C1CCN(c2ccc(N3C[C@H](Cn4cc(F)nn4)OC3=O)cc2F)CC1. The molecular weight excluding hydrogens is 460 g/mol. The quantitative estimate of drug-likeness (QED) is 0.462. The summed E-state index contributed by atoms with van der Waals surface area (Å²) >= 11 is 6.12. The van der Waals surface area contributed by atoms with E-state index in [-0.39, 0.29) is 24.7 Å². The van der Waals surface area contributed by atoms with Crippen LogP contribution in [-0.4, -0.2) is 59.4 Å². The summed E-state index contributed by atoms with van der Waals surface area (Å²) in [5.74, 6) is -1.74. The first-order valence-electron chi connectivity index (χ1n) is 10.5. The van der Waals surface area contributed by atoms with Gasteiger partial charge in [-0.25, -0.2) is 18.7 Å². The van der Waals surface area contributed by atoms with Crippen LogP contribution in [-0.2, 0) is 20.8 Å². The van der Waals surface area contributed by atoms with Crippen molar-refractivity contribution in [3.05, 3.63) is 46.8 Å². The van der Waals surface area contributed by atoms with E-state index in [0.717, 1.165) is 11.8 Å². The highest BCUT2D eigenvalue weighted by atomic mass is 35.5. The molecule has 0 bridgehead atoms. The summed E-state index contributed by atoms with van der Waals surface area (Å²) in [6.07, 6.45) is 0.945. The second kappa shape index (κ2) is 9.74. The first-order valence-corrected chi connectivity index (χ1v) is 10.9. The molecule has 0 radical (unpaired) electrons. The molecule has 1 atom stereocenters. The summed E-state index contributed by atoms with van der Waals surface area (Å²) in [6.45, 7) is 3.24. The third-order valence-electron chi connectivity index (χ3n) is 5.49. The van der Waals surface area contributed by atoms with Crippen molar-refractivity contribution in [1.82, 2.24) is 15.0 Å². The molecule has 0 saturated carbocycles. The second-order valence-corrected chi connectivity index (χ2v) is 8.02. The molecule has 1 aromatic carbocycles. The van der Waals surface area contributed by atoms with E-state index in [1.54, 1.807) is 19.1 Å². The average molecular weight is 482 g/mol. The molecule has 2 aliphatic rings. The second-order valence-electron chi connectivity index (χ2n) is 7.64. The lowest BCUT2D eigenvalue weighted by Gasteiger charge is -2.31. The first-order chi connectivity index (χ1) is 15.9. The number of carbonyl (C=O) groups excluding carboxylic acids is 2. The molecule has 9 nitrogen and oxygen atoms in total. The predicted octanol–water partition coefficient (Wildman–Crippen LogP) is 3.24. The molecule has 0 N–H and O–H groups in total. The zero-order valence-corrected chi connectivity index (χ0v) is 18.6. The maximum absolute atomic E-state index is 14.9. The summed E-state index contributed by atoms with van der Waals surface area (Å²) in [5.41, 5.74) is 1.55. The summed E-state index contributed by atoms with van der Waals surface area (Å²) in [6, 6.07) is 4.54. The van der Waals surface area contributed by atoms with Crippen molar-refractivity contribution in [2.45, 2.75) is 32.4 Å². The van der Waals surface area contributed by atoms with Gasteiger partial charge in [-0.15, -0.1) is 0 Å². The van der Waals surface area contributed by atoms with Gasteiger partial charge in [0.2, 0.25) is 0 Å². The van der Waals surface area contributed by atoms with Gasteiger partial charge in [0.1, 0.15) is 17.0 Å². The Labute approximate surface area is 193 Å². The molecule has 3 heterocycles. The lowest BCUT2D eigenvalue weighted by Crippen LogP contribution is -2.32. The van der Waals surface area contributed by atoms with Crippen molar-refractivity contribution in [3.63, 3.8) is 0 Å². The molecule has 1 amide bonds. The molecule has 33 heavy (non-hydrogen) atoms. The molecule has 1 aromatic heterocycles. The molecule has 2 aliphatic heterocycles. The van der Waals surface area contributed by atoms with Gasteiger partial charge in [-0.2, -0.15) is 4.39 Å². The molecule has 4 rings (SSSR count). The third kappa shape index (κ3) is 5.08. The highest BCUT2D eigenvalue weighted by molar-refractivity contribution is 6.41. The monoisotopic (exact) mass is 481 g/mol. The van der Waals surface area contributed by atoms with Gasteiger partial charge in [0.25, 0.3) is 5.95 Å². The van der Waals surface area contributed by atoms with Crippen LogP contribution in [0.1, 0.15) is 19.8 Å². The number of piperidine rings is 1. The molecule has 0 unspecified atom stereocenters. The Morgan fingerprint density at radius 3 is 2.70 bits per heavy atom. The average Bonchev–Trinajstić information content (AvgIpc) is 3.38. The van der Waals surface area contributed by atoms with E-state index >= 15 is 0 Å². The van der Waals surface area contributed by atoms with Crippen LogP contribution in [0.25, 0.3) is 0 Å². The van der Waals surface area contributed by atoms with Gasteiger partial charge in [-0.05, 0) is 43.5 Å². The van der Waals surface area contributed by atoms with E-state index in [1.165, 1.54) is 15.6 Å². The molecular formula is C21H22ClF2N5O4. The smallest absolute Gasteiger partial charge is 0.414 e. The van der Waals surface area contributed by atoms with Crippen LogP contribution in [0.3, 0.4) is 0 Å². The fourth-order valence-electron chi connectivity index (χ4n) is 3.90. The highest BCUT2D eigenvalue weighted by Crippen LogP contribution is 2.31. The maximum Gasteiger partial charge on any atom is 0.414 e. The number of esters is 1. The van der Waals surface area contributed by atoms with E-state index in [1.807, 2.05) is 4.90 Å². The highest BCUT2D eigenvalue weighted by Gasteiger charge is 2.33. The summed E-state index contributed by atoms with van der Waals surface area (Å²) in [7, 11) is 0. The van der Waals surface area contributed by atoms with Crippen molar-refractivity contribution < 1.29 is 27.8 Å². The minimum atomic E-state index is -0.725. The summed E-state index contributed by atoms with van der Waals surface area (Å²) in [4.78, 5) is 27.3. The Morgan fingerprint density at radius 1 is 1.30 bits per heavy atom. The van der Waals surface area contributed by atoms with E-state index in [2.05, 4.69) is 10.3 Å². The van der Waals surface area contributed by atoms with Crippen LogP contribution < -0.4 is 9.80 Å². The van der Waals surface area contributed by atoms with Gasteiger partial charge in [0.05, 0.1) is 37.3 Å². The number of cyclic esters (lactones) is 1. The number of benzene rings is 1. The topological polar surface area (TPSA) is 89.8 Å². The standard InChI is InChI=1S/C21H22ClF2N5O4/c1-2-32-20(30)19(22)13-5-7-27(8-6-13)17-4-3-14(9-16(17)23)29-11-15(33-21(29)31)10-28-12-18(24)25-26-28/h3-4,9,12,15H,2,5-8,10-11H2,1H3/t15-/m0/s1. The summed E-state index contributed by atoms with van der Waals surface area (Å²) in [5, 5.41) is 6.95. The molecule has 0 spiro atoms. The lowest BCUT2D eigenvalue weighted by atomic mass is 10.0. The van der Waals surface area contributed by atoms with E-state index in [4.69, 9.17) is 21.1 Å². The van der Waals surface area contributed by atoms with Gasteiger partial charge >= 0.3 is 12.1 Å². The number of halogens is 3. The van der Waals surface area contributed by atoms with E-state index in [9.17, 15) is 18.4 Å². The number of amides is 1. The number of hydrogen-bond acceptors (Lipinski definition) is 7. The molecule has 2 saturated heterocycles. The Morgan fingerprint density at radius 2 is 2.06 bits per heavy atom.